The van der Waals surface area contributed by atoms with E-state index in [1.807, 2.05) is 12.1 Å². The molecule has 0 aliphatic carbocycles. The van der Waals surface area contributed by atoms with Crippen molar-refractivity contribution in [3.05, 3.63) is 35.7 Å². The summed E-state index contributed by atoms with van der Waals surface area (Å²) < 4.78 is 5.39. The van der Waals surface area contributed by atoms with Crippen molar-refractivity contribution in [2.45, 2.75) is 13.5 Å². The second-order valence-electron chi connectivity index (χ2n) is 5.78. The molecule has 0 bridgehead atoms. The zero-order valence-electron chi connectivity index (χ0n) is 13.4. The Bertz CT molecular complexity index is 593. The molecular formula is C16H24ClN5O. The topological polar surface area (TPSA) is 71.4 Å². The van der Waals surface area contributed by atoms with E-state index in [1.54, 1.807) is 0 Å². The van der Waals surface area contributed by atoms with Crippen molar-refractivity contribution in [1.82, 2.24) is 19.9 Å². The number of aryl methyl sites for hydroxylation is 1. The summed E-state index contributed by atoms with van der Waals surface area (Å²) in [6, 6.07) is 8.16. The van der Waals surface area contributed by atoms with Gasteiger partial charge >= 0.3 is 0 Å². The van der Waals surface area contributed by atoms with Crippen molar-refractivity contribution in [1.29, 1.82) is 0 Å². The van der Waals surface area contributed by atoms with E-state index in [0.29, 0.717) is 11.7 Å². The normalized spacial score (nSPS) is 16.3. The molecule has 1 aliphatic heterocycles. The lowest BCUT2D eigenvalue weighted by Crippen LogP contribution is -2.47. The Balaban J connectivity index is 0.00000192. The summed E-state index contributed by atoms with van der Waals surface area (Å²) >= 11 is 0. The van der Waals surface area contributed by atoms with Gasteiger partial charge in [-0.25, -0.2) is 0 Å². The summed E-state index contributed by atoms with van der Waals surface area (Å²) in [5.74, 6) is 1.35. The highest BCUT2D eigenvalue weighted by Crippen LogP contribution is 2.17. The molecule has 1 fully saturated rings. The quantitative estimate of drug-likeness (QED) is 0.892. The number of nitrogens with zero attached hydrogens (tertiary/aromatic N) is 4. The lowest BCUT2D eigenvalue weighted by Gasteiger charge is -2.33. The summed E-state index contributed by atoms with van der Waals surface area (Å²) in [4.78, 5) is 9.24. The number of halogens is 1. The van der Waals surface area contributed by atoms with E-state index in [-0.39, 0.29) is 12.4 Å². The highest BCUT2D eigenvalue weighted by molar-refractivity contribution is 5.85. The summed E-state index contributed by atoms with van der Waals surface area (Å²) in [6.07, 6.45) is 0. The van der Waals surface area contributed by atoms with E-state index in [2.05, 4.69) is 39.0 Å². The van der Waals surface area contributed by atoms with E-state index < -0.39 is 0 Å². The molecule has 126 valence electrons. The maximum Gasteiger partial charge on any atom is 0.241 e. The Hall–Kier alpha value is -1.47. The third-order valence-electron chi connectivity index (χ3n) is 4.05. The molecular weight excluding hydrogens is 314 g/mol. The Morgan fingerprint density at radius 1 is 1.09 bits per heavy atom. The van der Waals surface area contributed by atoms with Gasteiger partial charge in [0.25, 0.3) is 0 Å². The SMILES string of the molecule is Cc1ccc(-c2noc(CN3CCN(CCN)CC3)n2)cc1.Cl. The summed E-state index contributed by atoms with van der Waals surface area (Å²) in [5.41, 5.74) is 7.82. The smallest absolute Gasteiger partial charge is 0.241 e. The highest BCUT2D eigenvalue weighted by atomic mass is 35.5. The third kappa shape index (κ3) is 4.75. The molecule has 1 saturated heterocycles. The summed E-state index contributed by atoms with van der Waals surface area (Å²) in [5, 5.41) is 4.09. The minimum Gasteiger partial charge on any atom is -0.338 e. The number of rotatable bonds is 5. The van der Waals surface area contributed by atoms with Crippen LogP contribution in [0.15, 0.2) is 28.8 Å². The summed E-state index contributed by atoms with van der Waals surface area (Å²) in [6.45, 7) is 8.62. The zero-order valence-corrected chi connectivity index (χ0v) is 14.3. The Kier molecular flexibility index (Phi) is 6.53. The number of hydrogen-bond donors (Lipinski definition) is 1. The van der Waals surface area contributed by atoms with Crippen molar-refractivity contribution in [3.8, 4) is 11.4 Å². The molecule has 0 spiro atoms. The Morgan fingerprint density at radius 3 is 2.39 bits per heavy atom. The van der Waals surface area contributed by atoms with Crippen LogP contribution in [0, 0.1) is 6.92 Å². The molecule has 0 saturated carbocycles. The van der Waals surface area contributed by atoms with Crippen molar-refractivity contribution < 1.29 is 4.52 Å². The maximum absolute atomic E-state index is 5.60. The monoisotopic (exact) mass is 337 g/mol. The average Bonchev–Trinajstić information content (AvgIpc) is 2.99. The van der Waals surface area contributed by atoms with Crippen molar-refractivity contribution >= 4 is 12.4 Å². The first-order valence-corrected chi connectivity index (χ1v) is 7.79. The van der Waals surface area contributed by atoms with Gasteiger partial charge in [0, 0.05) is 44.8 Å². The summed E-state index contributed by atoms with van der Waals surface area (Å²) in [7, 11) is 0. The second-order valence-corrected chi connectivity index (χ2v) is 5.78. The number of nitrogens with two attached hydrogens (primary N) is 1. The molecule has 2 aromatic rings. The minimum absolute atomic E-state index is 0. The molecule has 3 rings (SSSR count). The van der Waals surface area contributed by atoms with Gasteiger partial charge in [-0.2, -0.15) is 4.98 Å². The van der Waals surface area contributed by atoms with Crippen LogP contribution in [-0.4, -0.2) is 59.2 Å². The van der Waals surface area contributed by atoms with Gasteiger partial charge in [-0.05, 0) is 6.92 Å². The molecule has 0 radical (unpaired) electrons. The first-order valence-electron chi connectivity index (χ1n) is 7.79. The number of aromatic nitrogens is 2. The van der Waals surface area contributed by atoms with Crippen molar-refractivity contribution in [2.75, 3.05) is 39.3 Å². The van der Waals surface area contributed by atoms with Crippen molar-refractivity contribution in [2.24, 2.45) is 5.73 Å². The lowest BCUT2D eigenvalue weighted by atomic mass is 10.1. The van der Waals surface area contributed by atoms with Crippen LogP contribution in [0.5, 0.6) is 0 Å². The molecule has 7 heteroatoms. The molecule has 6 nitrogen and oxygen atoms in total. The van der Waals surface area contributed by atoms with E-state index in [0.717, 1.165) is 51.4 Å². The zero-order chi connectivity index (χ0) is 15.4. The van der Waals surface area contributed by atoms with E-state index in [1.165, 1.54) is 5.56 Å². The first kappa shape index (κ1) is 17.9. The van der Waals surface area contributed by atoms with Crippen LogP contribution in [0.4, 0.5) is 0 Å². The van der Waals surface area contributed by atoms with Crippen LogP contribution in [-0.2, 0) is 6.54 Å². The Morgan fingerprint density at radius 2 is 1.74 bits per heavy atom. The maximum atomic E-state index is 5.60. The Labute approximate surface area is 143 Å². The largest absolute Gasteiger partial charge is 0.338 e. The predicted octanol–water partition coefficient (Wildman–Crippen LogP) is 1.54. The van der Waals surface area contributed by atoms with Crippen molar-refractivity contribution in [3.63, 3.8) is 0 Å². The highest BCUT2D eigenvalue weighted by Gasteiger charge is 2.18. The minimum atomic E-state index is 0. The molecule has 1 aromatic carbocycles. The molecule has 23 heavy (non-hydrogen) atoms. The molecule has 0 atom stereocenters. The van der Waals surface area contributed by atoms with E-state index in [9.17, 15) is 0 Å². The fraction of sp³-hybridized carbons (Fsp3) is 0.500. The lowest BCUT2D eigenvalue weighted by molar-refractivity contribution is 0.119. The van der Waals surface area contributed by atoms with Gasteiger partial charge < -0.3 is 10.3 Å². The van der Waals surface area contributed by atoms with E-state index >= 15 is 0 Å². The van der Waals surface area contributed by atoms with Crippen LogP contribution >= 0.6 is 12.4 Å². The predicted molar refractivity (Wildman–Crippen MR) is 92.5 cm³/mol. The second kappa shape index (κ2) is 8.40. The van der Waals surface area contributed by atoms with Crippen LogP contribution < -0.4 is 5.73 Å². The van der Waals surface area contributed by atoms with Gasteiger partial charge in [0.15, 0.2) is 0 Å². The number of hydrogen-bond acceptors (Lipinski definition) is 6. The van der Waals surface area contributed by atoms with E-state index in [4.69, 9.17) is 10.3 Å². The van der Waals surface area contributed by atoms with Gasteiger partial charge in [0.2, 0.25) is 11.7 Å². The van der Waals surface area contributed by atoms with Crippen LogP contribution in [0.3, 0.4) is 0 Å². The van der Waals surface area contributed by atoms with Gasteiger partial charge in [-0.1, -0.05) is 35.0 Å². The fourth-order valence-electron chi connectivity index (χ4n) is 2.68. The fourth-order valence-corrected chi connectivity index (χ4v) is 2.68. The molecule has 1 aromatic heterocycles. The molecule has 2 heterocycles. The molecule has 2 N–H and O–H groups in total. The molecule has 1 aliphatic rings. The van der Waals surface area contributed by atoms with Gasteiger partial charge in [-0.15, -0.1) is 12.4 Å². The molecule has 0 amide bonds. The third-order valence-corrected chi connectivity index (χ3v) is 4.05. The average molecular weight is 338 g/mol. The van der Waals surface area contributed by atoms with Crippen LogP contribution in [0.1, 0.15) is 11.5 Å². The van der Waals surface area contributed by atoms with Gasteiger partial charge in [-0.3, -0.25) is 9.80 Å². The molecule has 0 unspecified atom stereocenters. The van der Waals surface area contributed by atoms with Gasteiger partial charge in [0.1, 0.15) is 0 Å². The number of piperazine rings is 1. The van der Waals surface area contributed by atoms with Gasteiger partial charge in [0.05, 0.1) is 6.54 Å². The van der Waals surface area contributed by atoms with Crippen LogP contribution in [0.2, 0.25) is 0 Å². The standard InChI is InChI=1S/C16H23N5O.ClH/c1-13-2-4-14(5-3-13)16-18-15(22-19-16)12-21-10-8-20(7-6-17)9-11-21;/h2-5H,6-12,17H2,1H3;1H. The number of benzene rings is 1. The first-order chi connectivity index (χ1) is 10.7. The van der Waals surface area contributed by atoms with Crippen LogP contribution in [0.25, 0.3) is 11.4 Å².